The molecule has 0 unspecified atom stereocenters. The second kappa shape index (κ2) is 7.81. The number of anilines is 1. The maximum Gasteiger partial charge on any atom is 0.234 e. The first-order valence-electron chi connectivity index (χ1n) is 8.54. The van der Waals surface area contributed by atoms with Gasteiger partial charge in [-0.25, -0.2) is 9.97 Å². The Kier molecular flexibility index (Phi) is 5.23. The number of nitrogens with zero attached hydrogens (tertiary/aromatic N) is 2. The number of amides is 1. The Bertz CT molecular complexity index is 1190. The number of fused-ring (bicyclic) bond motifs is 3. The minimum atomic E-state index is -0.125. The van der Waals surface area contributed by atoms with Crippen molar-refractivity contribution in [2.45, 2.75) is 11.9 Å². The van der Waals surface area contributed by atoms with Crippen LogP contribution in [0.15, 0.2) is 52.2 Å². The van der Waals surface area contributed by atoms with E-state index in [2.05, 4.69) is 36.2 Å². The lowest BCUT2D eigenvalue weighted by atomic mass is 10.2. The number of nitrogens with one attached hydrogen (secondary N) is 2. The van der Waals surface area contributed by atoms with E-state index in [-0.39, 0.29) is 11.7 Å². The number of thioether (sulfide) groups is 1. The van der Waals surface area contributed by atoms with E-state index in [0.717, 1.165) is 37.0 Å². The Balaban J connectivity index is 1.55. The van der Waals surface area contributed by atoms with Crippen molar-refractivity contribution in [1.29, 1.82) is 0 Å². The maximum absolute atomic E-state index is 12.5. The fraction of sp³-hybridized carbons (Fsp3) is 0.150. The van der Waals surface area contributed by atoms with E-state index in [1.165, 1.54) is 18.1 Å². The van der Waals surface area contributed by atoms with Crippen LogP contribution in [0.3, 0.4) is 0 Å². The lowest BCUT2D eigenvalue weighted by Crippen LogP contribution is -2.15. The largest absolute Gasteiger partial charge is 0.495 e. The number of ether oxygens (including phenoxy) is 1. The highest BCUT2D eigenvalue weighted by molar-refractivity contribution is 9.10. The van der Waals surface area contributed by atoms with Crippen molar-refractivity contribution in [3.05, 3.63) is 52.8 Å². The van der Waals surface area contributed by atoms with Gasteiger partial charge < -0.3 is 15.0 Å². The van der Waals surface area contributed by atoms with Gasteiger partial charge in [-0.3, -0.25) is 4.79 Å². The van der Waals surface area contributed by atoms with Crippen molar-refractivity contribution < 1.29 is 9.53 Å². The third-order valence-corrected chi connectivity index (χ3v) is 5.76. The molecule has 1 amide bonds. The number of aromatic nitrogens is 3. The number of hydrogen-bond donors (Lipinski definition) is 2. The Hall–Kier alpha value is -2.58. The van der Waals surface area contributed by atoms with Crippen LogP contribution < -0.4 is 10.1 Å². The zero-order chi connectivity index (χ0) is 19.7. The minimum absolute atomic E-state index is 0.125. The molecule has 142 valence electrons. The van der Waals surface area contributed by atoms with Gasteiger partial charge in [0.1, 0.15) is 22.6 Å². The molecule has 0 aliphatic heterocycles. The fourth-order valence-corrected chi connectivity index (χ4v) is 4.11. The smallest absolute Gasteiger partial charge is 0.234 e. The average molecular weight is 457 g/mol. The summed E-state index contributed by atoms with van der Waals surface area (Å²) < 4.78 is 6.30. The van der Waals surface area contributed by atoms with Crippen LogP contribution in [-0.4, -0.2) is 33.7 Å². The average Bonchev–Trinajstić information content (AvgIpc) is 3.05. The Morgan fingerprint density at radius 2 is 2.11 bits per heavy atom. The van der Waals surface area contributed by atoms with Crippen LogP contribution in [0.2, 0.25) is 0 Å². The van der Waals surface area contributed by atoms with E-state index in [1.54, 1.807) is 7.11 Å². The van der Waals surface area contributed by atoms with Crippen LogP contribution in [0.1, 0.15) is 5.56 Å². The summed E-state index contributed by atoms with van der Waals surface area (Å²) in [6.45, 7) is 1.97. The summed E-state index contributed by atoms with van der Waals surface area (Å²) in [6.07, 6.45) is 1.53. The van der Waals surface area contributed by atoms with Crippen LogP contribution in [0.25, 0.3) is 21.9 Å². The van der Waals surface area contributed by atoms with Gasteiger partial charge in [-0.15, -0.1) is 0 Å². The number of carbonyl (C=O) groups is 1. The number of aromatic amines is 1. The molecular weight excluding hydrogens is 440 g/mol. The number of rotatable bonds is 5. The molecule has 0 fully saturated rings. The van der Waals surface area contributed by atoms with Crippen LogP contribution in [0, 0.1) is 6.92 Å². The van der Waals surface area contributed by atoms with Crippen LogP contribution in [0.5, 0.6) is 5.75 Å². The molecule has 0 radical (unpaired) electrons. The lowest BCUT2D eigenvalue weighted by Gasteiger charge is -2.10. The van der Waals surface area contributed by atoms with E-state index in [1.807, 2.05) is 43.3 Å². The molecule has 0 aliphatic rings. The first kappa shape index (κ1) is 18.8. The van der Waals surface area contributed by atoms with Gasteiger partial charge >= 0.3 is 0 Å². The van der Waals surface area contributed by atoms with E-state index >= 15 is 0 Å². The quantitative estimate of drug-likeness (QED) is 0.329. The Morgan fingerprint density at radius 3 is 2.93 bits per heavy atom. The minimum Gasteiger partial charge on any atom is -0.495 e. The third-order valence-electron chi connectivity index (χ3n) is 4.28. The normalized spacial score (nSPS) is 11.1. The molecule has 0 saturated carbocycles. The molecule has 28 heavy (non-hydrogen) atoms. The van der Waals surface area contributed by atoms with Gasteiger partial charge in [0.2, 0.25) is 5.91 Å². The summed E-state index contributed by atoms with van der Waals surface area (Å²) in [4.78, 5) is 24.6. The van der Waals surface area contributed by atoms with E-state index in [0.29, 0.717) is 11.4 Å². The van der Waals surface area contributed by atoms with E-state index in [9.17, 15) is 4.79 Å². The van der Waals surface area contributed by atoms with Crippen LogP contribution >= 0.6 is 27.7 Å². The van der Waals surface area contributed by atoms with Crippen molar-refractivity contribution in [2.75, 3.05) is 18.2 Å². The molecular formula is C20H17BrN4O2S. The molecule has 0 spiro atoms. The van der Waals surface area contributed by atoms with Crippen LogP contribution in [-0.2, 0) is 4.79 Å². The lowest BCUT2D eigenvalue weighted by molar-refractivity contribution is -0.113. The molecule has 0 saturated heterocycles. The zero-order valence-corrected chi connectivity index (χ0v) is 17.6. The molecule has 2 N–H and O–H groups in total. The molecule has 6 nitrogen and oxygen atoms in total. The van der Waals surface area contributed by atoms with E-state index in [4.69, 9.17) is 4.74 Å². The Morgan fingerprint density at radius 1 is 1.25 bits per heavy atom. The zero-order valence-electron chi connectivity index (χ0n) is 15.2. The van der Waals surface area contributed by atoms with Crippen molar-refractivity contribution in [2.24, 2.45) is 0 Å². The first-order valence-corrected chi connectivity index (χ1v) is 10.3. The maximum atomic E-state index is 12.5. The summed E-state index contributed by atoms with van der Waals surface area (Å²) >= 11 is 4.86. The molecule has 4 aromatic rings. The number of H-pyrrole nitrogens is 1. The van der Waals surface area contributed by atoms with Crippen molar-refractivity contribution >= 4 is 61.2 Å². The second-order valence-corrected chi connectivity index (χ2v) is 8.14. The van der Waals surface area contributed by atoms with Gasteiger partial charge in [0.15, 0.2) is 0 Å². The molecule has 2 aromatic heterocycles. The summed E-state index contributed by atoms with van der Waals surface area (Å²) in [5, 5.41) is 4.67. The van der Waals surface area contributed by atoms with Crippen LogP contribution in [0.4, 0.5) is 5.69 Å². The summed E-state index contributed by atoms with van der Waals surface area (Å²) in [5.41, 5.74) is 4.37. The standard InChI is InChI=1S/C20H17BrN4O2S/c1-11-3-6-16(27-2)15(7-11)24-17(26)9-28-20-19-18(22-10-23-20)13-8-12(21)4-5-14(13)25-19/h3-8,10,25H,9H2,1-2H3,(H,24,26). The number of halogens is 1. The number of benzene rings is 2. The van der Waals surface area contributed by atoms with Crippen molar-refractivity contribution in [3.8, 4) is 5.75 Å². The fourth-order valence-electron chi connectivity index (χ4n) is 2.99. The Labute approximate surface area is 174 Å². The van der Waals surface area contributed by atoms with E-state index < -0.39 is 0 Å². The SMILES string of the molecule is COc1ccc(C)cc1NC(=O)CSc1ncnc2c1[nH]c1ccc(Br)cc12. The van der Waals surface area contributed by atoms with Gasteiger partial charge in [-0.2, -0.15) is 0 Å². The number of carbonyl (C=O) groups excluding carboxylic acids is 1. The van der Waals surface area contributed by atoms with Gasteiger partial charge in [-0.1, -0.05) is 33.8 Å². The highest BCUT2D eigenvalue weighted by Crippen LogP contribution is 2.31. The van der Waals surface area contributed by atoms with Crippen molar-refractivity contribution in [1.82, 2.24) is 15.0 Å². The molecule has 0 aliphatic carbocycles. The molecule has 8 heteroatoms. The van der Waals surface area contributed by atoms with Crippen molar-refractivity contribution in [3.63, 3.8) is 0 Å². The topological polar surface area (TPSA) is 79.9 Å². The summed E-state index contributed by atoms with van der Waals surface area (Å²) in [7, 11) is 1.58. The number of hydrogen-bond acceptors (Lipinski definition) is 5. The third kappa shape index (κ3) is 3.70. The van der Waals surface area contributed by atoms with Gasteiger partial charge in [-0.05, 0) is 42.8 Å². The highest BCUT2D eigenvalue weighted by atomic mass is 79.9. The number of aryl methyl sites for hydroxylation is 1. The first-order chi connectivity index (χ1) is 13.5. The molecule has 4 rings (SSSR count). The molecule has 2 heterocycles. The molecule has 2 aromatic carbocycles. The van der Waals surface area contributed by atoms with Gasteiger partial charge in [0, 0.05) is 15.4 Å². The van der Waals surface area contributed by atoms with Gasteiger partial charge in [0.05, 0.1) is 24.1 Å². The second-order valence-electron chi connectivity index (χ2n) is 6.26. The molecule has 0 atom stereocenters. The summed E-state index contributed by atoms with van der Waals surface area (Å²) in [6, 6.07) is 11.7. The predicted molar refractivity (Wildman–Crippen MR) is 116 cm³/mol. The predicted octanol–water partition coefficient (Wildman–Crippen LogP) is 4.92. The number of methoxy groups -OCH3 is 1. The molecule has 0 bridgehead atoms. The summed E-state index contributed by atoms with van der Waals surface area (Å²) in [5.74, 6) is 0.733. The van der Waals surface area contributed by atoms with Gasteiger partial charge in [0.25, 0.3) is 0 Å². The monoisotopic (exact) mass is 456 g/mol. The highest BCUT2D eigenvalue weighted by Gasteiger charge is 2.14.